The van der Waals surface area contributed by atoms with Gasteiger partial charge in [0.1, 0.15) is 17.2 Å². The van der Waals surface area contributed by atoms with Crippen LogP contribution in [0, 0.1) is 13.8 Å². The lowest BCUT2D eigenvalue weighted by Crippen LogP contribution is -2.27. The number of hydrogen-bond acceptors (Lipinski definition) is 5. The third-order valence-electron chi connectivity index (χ3n) is 4.67. The van der Waals surface area contributed by atoms with Gasteiger partial charge < -0.3 is 19.6 Å². The third-order valence-corrected chi connectivity index (χ3v) is 4.67. The summed E-state index contributed by atoms with van der Waals surface area (Å²) in [5, 5.41) is 11.1. The number of methoxy groups -OCH3 is 1. The Morgan fingerprint density at radius 3 is 2.78 bits per heavy atom. The van der Waals surface area contributed by atoms with Gasteiger partial charge in [-0.25, -0.2) is 4.98 Å². The zero-order valence-electron chi connectivity index (χ0n) is 16.4. The summed E-state index contributed by atoms with van der Waals surface area (Å²) >= 11 is 0. The lowest BCUT2D eigenvalue weighted by molar-refractivity contribution is 0.0480. The summed E-state index contributed by atoms with van der Waals surface area (Å²) in [7, 11) is 1.68. The van der Waals surface area contributed by atoms with E-state index in [-0.39, 0.29) is 0 Å². The number of aromatic amines is 1. The number of pyridine rings is 1. The van der Waals surface area contributed by atoms with Gasteiger partial charge >= 0.3 is 0 Å². The first-order chi connectivity index (χ1) is 12.9. The van der Waals surface area contributed by atoms with Crippen molar-refractivity contribution >= 4 is 11.0 Å². The smallest absolute Gasteiger partial charge is 0.139 e. The molecule has 0 saturated heterocycles. The minimum Gasteiger partial charge on any atom is -0.493 e. The van der Waals surface area contributed by atoms with Crippen molar-refractivity contribution in [1.82, 2.24) is 15.0 Å². The molecular weight excluding hydrogens is 342 g/mol. The van der Waals surface area contributed by atoms with Crippen LogP contribution >= 0.6 is 0 Å². The molecule has 0 saturated carbocycles. The Kier molecular flexibility index (Phi) is 5.77. The van der Waals surface area contributed by atoms with Crippen LogP contribution in [0.25, 0.3) is 11.0 Å². The fraction of sp³-hybridized carbons (Fsp3) is 0.429. The number of ether oxygens (including phenoxy) is 2. The molecule has 6 nitrogen and oxygen atoms in total. The van der Waals surface area contributed by atoms with Gasteiger partial charge in [-0.1, -0.05) is 6.07 Å². The molecule has 2 aromatic heterocycles. The highest BCUT2D eigenvalue weighted by molar-refractivity contribution is 5.76. The first kappa shape index (κ1) is 19.3. The summed E-state index contributed by atoms with van der Waals surface area (Å²) in [5.74, 6) is 1.32. The Labute approximate surface area is 159 Å². The van der Waals surface area contributed by atoms with Crippen LogP contribution in [0.4, 0.5) is 0 Å². The minimum atomic E-state index is -1.17. The predicted octanol–water partition coefficient (Wildman–Crippen LogP) is 3.44. The molecule has 0 aliphatic carbocycles. The number of aromatic nitrogens is 3. The summed E-state index contributed by atoms with van der Waals surface area (Å²) in [6, 6.07) is 7.85. The van der Waals surface area contributed by atoms with Gasteiger partial charge in [0.25, 0.3) is 0 Å². The van der Waals surface area contributed by atoms with Crippen molar-refractivity contribution in [3.8, 4) is 5.75 Å². The molecule has 6 heteroatoms. The monoisotopic (exact) mass is 369 g/mol. The normalized spacial score (nSPS) is 13.7. The molecule has 144 valence electrons. The predicted molar refractivity (Wildman–Crippen MR) is 105 cm³/mol. The van der Waals surface area contributed by atoms with E-state index in [4.69, 9.17) is 9.47 Å². The zero-order valence-corrected chi connectivity index (χ0v) is 16.4. The number of rotatable bonds is 8. The summed E-state index contributed by atoms with van der Waals surface area (Å²) in [6.07, 6.45) is 2.88. The van der Waals surface area contributed by atoms with E-state index in [0.717, 1.165) is 40.0 Å². The molecule has 2 heterocycles. The van der Waals surface area contributed by atoms with E-state index < -0.39 is 5.60 Å². The van der Waals surface area contributed by atoms with Gasteiger partial charge in [0.05, 0.1) is 23.3 Å². The van der Waals surface area contributed by atoms with Crippen molar-refractivity contribution in [3.63, 3.8) is 0 Å². The highest BCUT2D eigenvalue weighted by atomic mass is 16.5. The molecule has 0 radical (unpaired) electrons. The number of aryl methyl sites for hydroxylation is 1. The number of nitrogens with zero attached hydrogens (tertiary/aromatic N) is 2. The highest BCUT2D eigenvalue weighted by Crippen LogP contribution is 2.28. The SMILES string of the molecule is COCCCOc1ccnc(CC(C)(O)c2nc3ccc(C)cc3[nH]2)c1C. The zero-order chi connectivity index (χ0) is 19.4. The lowest BCUT2D eigenvalue weighted by atomic mass is 9.96. The summed E-state index contributed by atoms with van der Waals surface area (Å²) in [4.78, 5) is 12.3. The molecule has 0 aliphatic heterocycles. The van der Waals surface area contributed by atoms with Crippen LogP contribution in [0.5, 0.6) is 5.75 Å². The van der Waals surface area contributed by atoms with Crippen LogP contribution in [0.1, 0.15) is 36.0 Å². The number of H-pyrrole nitrogens is 1. The van der Waals surface area contributed by atoms with E-state index in [0.29, 0.717) is 25.5 Å². The summed E-state index contributed by atoms with van der Waals surface area (Å²) in [5.41, 5.74) is 3.47. The molecule has 3 aromatic rings. The average molecular weight is 369 g/mol. The van der Waals surface area contributed by atoms with Crippen LogP contribution < -0.4 is 4.74 Å². The quantitative estimate of drug-likeness (QED) is 0.595. The number of nitrogens with one attached hydrogen (secondary N) is 1. The third kappa shape index (κ3) is 4.46. The second-order valence-electron chi connectivity index (χ2n) is 7.13. The van der Waals surface area contributed by atoms with E-state index in [1.165, 1.54) is 0 Å². The fourth-order valence-corrected chi connectivity index (χ4v) is 3.07. The standard InChI is InChI=1S/C21H27N3O3/c1-14-6-7-16-17(12-14)24-20(23-16)21(3,25)13-18-15(2)19(8-9-22-18)27-11-5-10-26-4/h6-9,12,25H,5,10-11,13H2,1-4H3,(H,23,24). The number of aliphatic hydroxyl groups is 1. The summed E-state index contributed by atoms with van der Waals surface area (Å²) < 4.78 is 10.9. The molecular formula is C21H27N3O3. The maximum atomic E-state index is 11.1. The molecule has 0 amide bonds. The van der Waals surface area contributed by atoms with Crippen LogP contribution in [-0.2, 0) is 16.8 Å². The van der Waals surface area contributed by atoms with Gasteiger partial charge in [-0.15, -0.1) is 0 Å². The number of benzene rings is 1. The largest absolute Gasteiger partial charge is 0.493 e. The number of fused-ring (bicyclic) bond motifs is 1. The first-order valence-corrected chi connectivity index (χ1v) is 9.16. The van der Waals surface area contributed by atoms with Gasteiger partial charge in [0.15, 0.2) is 0 Å². The molecule has 2 N–H and O–H groups in total. The van der Waals surface area contributed by atoms with Crippen molar-refractivity contribution in [2.75, 3.05) is 20.3 Å². The lowest BCUT2D eigenvalue weighted by Gasteiger charge is -2.22. The van der Waals surface area contributed by atoms with Crippen molar-refractivity contribution in [2.45, 2.75) is 39.2 Å². The second-order valence-corrected chi connectivity index (χ2v) is 7.13. The molecule has 0 bridgehead atoms. The molecule has 27 heavy (non-hydrogen) atoms. The van der Waals surface area contributed by atoms with Crippen LogP contribution in [0.3, 0.4) is 0 Å². The minimum absolute atomic E-state index is 0.340. The molecule has 1 atom stereocenters. The van der Waals surface area contributed by atoms with Crippen molar-refractivity contribution in [1.29, 1.82) is 0 Å². The molecule has 0 fully saturated rings. The molecule has 3 rings (SSSR count). The fourth-order valence-electron chi connectivity index (χ4n) is 3.07. The number of hydrogen-bond donors (Lipinski definition) is 2. The van der Waals surface area contributed by atoms with Crippen LogP contribution in [0.2, 0.25) is 0 Å². The van der Waals surface area contributed by atoms with Crippen LogP contribution in [0.15, 0.2) is 30.5 Å². The highest BCUT2D eigenvalue weighted by Gasteiger charge is 2.29. The Hall–Kier alpha value is -2.44. The van der Waals surface area contributed by atoms with Gasteiger partial charge in [0.2, 0.25) is 0 Å². The molecule has 0 aliphatic rings. The van der Waals surface area contributed by atoms with E-state index in [2.05, 4.69) is 15.0 Å². The van der Waals surface area contributed by atoms with E-state index in [1.807, 2.05) is 38.1 Å². The van der Waals surface area contributed by atoms with Crippen LogP contribution in [-0.4, -0.2) is 40.4 Å². The Morgan fingerprint density at radius 2 is 2.00 bits per heavy atom. The van der Waals surface area contributed by atoms with Gasteiger partial charge in [-0.05, 0) is 44.5 Å². The molecule has 1 aromatic carbocycles. The average Bonchev–Trinajstić information content (AvgIpc) is 3.05. The molecule has 0 spiro atoms. The van der Waals surface area contributed by atoms with Crippen molar-refractivity contribution < 1.29 is 14.6 Å². The first-order valence-electron chi connectivity index (χ1n) is 9.16. The van der Waals surface area contributed by atoms with Gasteiger partial charge in [-0.2, -0.15) is 0 Å². The van der Waals surface area contributed by atoms with E-state index in [1.54, 1.807) is 20.2 Å². The number of imidazole rings is 1. The Morgan fingerprint density at radius 1 is 1.19 bits per heavy atom. The second kappa shape index (κ2) is 8.06. The maximum absolute atomic E-state index is 11.1. The topological polar surface area (TPSA) is 80.3 Å². The van der Waals surface area contributed by atoms with E-state index in [9.17, 15) is 5.11 Å². The van der Waals surface area contributed by atoms with E-state index >= 15 is 0 Å². The molecule has 1 unspecified atom stereocenters. The maximum Gasteiger partial charge on any atom is 0.139 e. The van der Waals surface area contributed by atoms with Crippen molar-refractivity contribution in [3.05, 3.63) is 53.1 Å². The van der Waals surface area contributed by atoms with Gasteiger partial charge in [-0.3, -0.25) is 4.98 Å². The summed E-state index contributed by atoms with van der Waals surface area (Å²) in [6.45, 7) is 7.00. The van der Waals surface area contributed by atoms with Crippen molar-refractivity contribution in [2.24, 2.45) is 0 Å². The van der Waals surface area contributed by atoms with Gasteiger partial charge in [0, 0.05) is 38.3 Å². The Bertz CT molecular complexity index is 918. The Balaban J connectivity index is 1.80.